The minimum atomic E-state index is -0.349. The van der Waals surface area contributed by atoms with Crippen LogP contribution in [0.1, 0.15) is 0 Å². The molecule has 0 aliphatic heterocycles. The predicted molar refractivity (Wildman–Crippen MR) is 78.5 cm³/mol. The van der Waals surface area contributed by atoms with Crippen LogP contribution in [-0.2, 0) is 0 Å². The van der Waals surface area contributed by atoms with E-state index in [1.807, 2.05) is 48.5 Å². The van der Waals surface area contributed by atoms with Crippen LogP contribution in [0.15, 0.2) is 64.0 Å². The molecule has 3 rings (SSSR count). The molecule has 0 saturated heterocycles. The Balaban J connectivity index is 1.64. The summed E-state index contributed by atoms with van der Waals surface area (Å²) in [6, 6.07) is 16.6. The second-order valence-corrected chi connectivity index (χ2v) is 4.88. The fourth-order valence-corrected chi connectivity index (χ4v) is 2.26. The zero-order chi connectivity index (χ0) is 13.8. The molecule has 0 bridgehead atoms. The Bertz CT molecular complexity index is 727. The van der Waals surface area contributed by atoms with Crippen molar-refractivity contribution in [3.05, 3.63) is 54.6 Å². The minimum absolute atomic E-state index is 0.349. The van der Waals surface area contributed by atoms with Gasteiger partial charge in [0.2, 0.25) is 0 Å². The molecule has 1 heterocycles. The van der Waals surface area contributed by atoms with E-state index in [0.717, 1.165) is 10.3 Å². The molecule has 0 radical (unpaired) electrons. The normalized spacial score (nSPS) is 10.4. The van der Waals surface area contributed by atoms with E-state index >= 15 is 0 Å². The lowest BCUT2D eigenvalue weighted by Gasteiger charge is -2.04. The van der Waals surface area contributed by atoms with E-state index in [0.29, 0.717) is 11.4 Å². The number of carbonyl (C=O) groups excluding carboxylic acids is 1. The number of amides is 2. The van der Waals surface area contributed by atoms with E-state index in [2.05, 4.69) is 15.2 Å². The summed E-state index contributed by atoms with van der Waals surface area (Å²) in [6.45, 7) is 0. The van der Waals surface area contributed by atoms with Crippen molar-refractivity contribution in [3.63, 3.8) is 0 Å². The smallest absolute Gasteiger partial charge is 0.330 e. The summed E-state index contributed by atoms with van der Waals surface area (Å²) in [7, 11) is 0. The van der Waals surface area contributed by atoms with Crippen LogP contribution in [0.3, 0.4) is 0 Å². The molecule has 0 atom stereocenters. The summed E-state index contributed by atoms with van der Waals surface area (Å²) in [5.74, 6) is 0.409. The maximum absolute atomic E-state index is 11.8. The molecule has 100 valence electrons. The van der Waals surface area contributed by atoms with Gasteiger partial charge in [0.05, 0.1) is 5.39 Å². The van der Waals surface area contributed by atoms with Gasteiger partial charge in [0.25, 0.3) is 0 Å². The van der Waals surface area contributed by atoms with Crippen molar-refractivity contribution >= 4 is 34.8 Å². The van der Waals surface area contributed by atoms with E-state index in [9.17, 15) is 4.79 Å². The van der Waals surface area contributed by atoms with Gasteiger partial charge in [0.15, 0.2) is 11.4 Å². The third-order valence-electron chi connectivity index (χ3n) is 2.61. The minimum Gasteiger partial charge on any atom is -0.354 e. The predicted octanol–water partition coefficient (Wildman–Crippen LogP) is 3.66. The van der Waals surface area contributed by atoms with Crippen LogP contribution in [0.2, 0.25) is 0 Å². The lowest BCUT2D eigenvalue weighted by atomic mass is 10.2. The molecule has 5 nitrogen and oxygen atoms in total. The number of benzene rings is 2. The summed E-state index contributed by atoms with van der Waals surface area (Å²) < 4.78 is 7.80. The van der Waals surface area contributed by atoms with Crippen molar-refractivity contribution in [1.29, 1.82) is 0 Å². The van der Waals surface area contributed by atoms with Crippen LogP contribution in [0.25, 0.3) is 11.0 Å². The molecular formula is C14H11N3O2S. The molecule has 0 fully saturated rings. The maximum atomic E-state index is 11.8. The fourth-order valence-electron chi connectivity index (χ4n) is 1.70. The quantitative estimate of drug-likeness (QED) is 0.721. The number of rotatable bonds is 3. The Kier molecular flexibility index (Phi) is 3.56. The number of nitrogens with zero attached hydrogens (tertiary/aromatic N) is 1. The molecule has 6 heteroatoms. The molecule has 0 spiro atoms. The van der Waals surface area contributed by atoms with Crippen LogP contribution in [-0.4, -0.2) is 11.2 Å². The van der Waals surface area contributed by atoms with Gasteiger partial charge >= 0.3 is 6.03 Å². The number of fused-ring (bicyclic) bond motifs is 1. The molecule has 0 aliphatic carbocycles. The summed E-state index contributed by atoms with van der Waals surface area (Å²) in [5, 5.41) is 7.26. The first-order valence-electron chi connectivity index (χ1n) is 5.96. The molecular weight excluding hydrogens is 274 g/mol. The zero-order valence-corrected chi connectivity index (χ0v) is 11.2. The first kappa shape index (κ1) is 12.6. The molecule has 0 aliphatic rings. The number of anilines is 1. The number of nitrogens with one attached hydrogen (secondary N) is 2. The van der Waals surface area contributed by atoms with E-state index in [1.165, 1.54) is 11.9 Å². The molecule has 0 unspecified atom stereocenters. The van der Waals surface area contributed by atoms with Crippen molar-refractivity contribution in [2.24, 2.45) is 0 Å². The van der Waals surface area contributed by atoms with E-state index in [4.69, 9.17) is 4.52 Å². The zero-order valence-electron chi connectivity index (χ0n) is 10.4. The summed E-state index contributed by atoms with van der Waals surface area (Å²) in [6.07, 6.45) is 0. The Morgan fingerprint density at radius 2 is 1.80 bits per heavy atom. The molecule has 2 amide bonds. The Morgan fingerprint density at radius 3 is 2.65 bits per heavy atom. The lowest BCUT2D eigenvalue weighted by Crippen LogP contribution is -2.22. The van der Waals surface area contributed by atoms with Crippen molar-refractivity contribution < 1.29 is 9.32 Å². The first-order chi connectivity index (χ1) is 9.83. The summed E-state index contributed by atoms with van der Waals surface area (Å²) >= 11 is 1.24. The molecule has 2 N–H and O–H groups in total. The van der Waals surface area contributed by atoms with E-state index < -0.39 is 0 Å². The van der Waals surface area contributed by atoms with Crippen LogP contribution < -0.4 is 10.0 Å². The Hall–Kier alpha value is -2.47. The number of hydrogen-bond donors (Lipinski definition) is 2. The van der Waals surface area contributed by atoms with Gasteiger partial charge in [-0.3, -0.25) is 10.0 Å². The average molecular weight is 285 g/mol. The van der Waals surface area contributed by atoms with Crippen LogP contribution in [0.5, 0.6) is 0 Å². The van der Waals surface area contributed by atoms with Crippen molar-refractivity contribution in [1.82, 2.24) is 9.88 Å². The second kappa shape index (κ2) is 5.66. The highest BCUT2D eigenvalue weighted by Gasteiger charge is 2.10. The van der Waals surface area contributed by atoms with Crippen LogP contribution in [0, 0.1) is 0 Å². The fraction of sp³-hybridized carbons (Fsp3) is 0. The molecule has 1 aromatic heterocycles. The van der Waals surface area contributed by atoms with Crippen molar-refractivity contribution in [2.45, 2.75) is 4.90 Å². The summed E-state index contributed by atoms with van der Waals surface area (Å²) in [5.41, 5.74) is 0.638. The third-order valence-corrected chi connectivity index (χ3v) is 3.41. The number of urea groups is 1. The Morgan fingerprint density at radius 1 is 1.05 bits per heavy atom. The van der Waals surface area contributed by atoms with Gasteiger partial charge < -0.3 is 4.52 Å². The van der Waals surface area contributed by atoms with Gasteiger partial charge in [-0.15, -0.1) is 0 Å². The van der Waals surface area contributed by atoms with Crippen molar-refractivity contribution in [2.75, 3.05) is 5.32 Å². The highest BCUT2D eigenvalue weighted by Crippen LogP contribution is 2.22. The van der Waals surface area contributed by atoms with Gasteiger partial charge in [-0.1, -0.05) is 35.5 Å². The number of para-hydroxylation sites is 1. The molecule has 2 aromatic carbocycles. The highest BCUT2D eigenvalue weighted by atomic mass is 32.2. The highest BCUT2D eigenvalue weighted by molar-refractivity contribution is 7.98. The van der Waals surface area contributed by atoms with Gasteiger partial charge in [0, 0.05) is 4.90 Å². The lowest BCUT2D eigenvalue weighted by molar-refractivity contribution is 0.257. The van der Waals surface area contributed by atoms with Gasteiger partial charge in [-0.25, -0.2) is 4.79 Å². The number of hydrogen-bond acceptors (Lipinski definition) is 4. The van der Waals surface area contributed by atoms with E-state index in [1.54, 1.807) is 6.07 Å². The topological polar surface area (TPSA) is 67.2 Å². The van der Waals surface area contributed by atoms with Gasteiger partial charge in [0.1, 0.15) is 0 Å². The first-order valence-corrected chi connectivity index (χ1v) is 6.78. The van der Waals surface area contributed by atoms with E-state index in [-0.39, 0.29) is 6.03 Å². The monoisotopic (exact) mass is 285 g/mol. The third kappa shape index (κ3) is 2.75. The van der Waals surface area contributed by atoms with Crippen LogP contribution in [0.4, 0.5) is 10.6 Å². The summed E-state index contributed by atoms with van der Waals surface area (Å²) in [4.78, 5) is 12.8. The van der Waals surface area contributed by atoms with Crippen LogP contribution >= 0.6 is 11.9 Å². The molecule has 20 heavy (non-hydrogen) atoms. The Labute approximate surface area is 119 Å². The van der Waals surface area contributed by atoms with Crippen molar-refractivity contribution in [3.8, 4) is 0 Å². The van der Waals surface area contributed by atoms with Gasteiger partial charge in [-0.2, -0.15) is 0 Å². The second-order valence-electron chi connectivity index (χ2n) is 4.00. The standard InChI is InChI=1S/C14H11N3O2S/c18-14(17-20-10-6-2-1-3-7-10)15-13-11-8-4-5-9-12(11)19-16-13/h1-9H,(H2,15,16,17,18). The average Bonchev–Trinajstić information content (AvgIpc) is 2.90. The SMILES string of the molecule is O=C(NSc1ccccc1)Nc1noc2ccccc12. The number of carbonyl (C=O) groups is 1. The van der Waals surface area contributed by atoms with Gasteiger partial charge in [-0.05, 0) is 36.2 Å². The maximum Gasteiger partial charge on any atom is 0.330 e. The molecule has 3 aromatic rings. The molecule has 0 saturated carbocycles. The largest absolute Gasteiger partial charge is 0.354 e. The number of aromatic nitrogens is 1.